The molecule has 1 aliphatic heterocycles. The van der Waals surface area contributed by atoms with Gasteiger partial charge in [-0.15, -0.1) is 0 Å². The third-order valence-electron chi connectivity index (χ3n) is 5.49. The number of benzene rings is 1. The summed E-state index contributed by atoms with van der Waals surface area (Å²) >= 11 is 0. The molecule has 1 heterocycles. The molecule has 11 heteroatoms. The summed E-state index contributed by atoms with van der Waals surface area (Å²) in [6.45, 7) is 2.09. The number of carbonyl (C=O) groups excluding carboxylic acids is 3. The molecule has 2 N–H and O–H groups in total. The number of nitrogens with one attached hydrogen (secondary N) is 2. The molecule has 1 aromatic rings. The summed E-state index contributed by atoms with van der Waals surface area (Å²) in [5.41, 5.74) is 1.29. The Morgan fingerprint density at radius 1 is 1.31 bits per heavy atom. The minimum absolute atomic E-state index is 0.0191. The van der Waals surface area contributed by atoms with Crippen molar-refractivity contribution in [1.29, 1.82) is 0 Å². The molecule has 2 aliphatic rings. The van der Waals surface area contributed by atoms with Crippen LogP contribution in [-0.4, -0.2) is 55.4 Å². The number of imide groups is 1. The van der Waals surface area contributed by atoms with E-state index in [0.717, 1.165) is 18.9 Å². The van der Waals surface area contributed by atoms with Crippen molar-refractivity contribution in [2.45, 2.75) is 43.0 Å². The quantitative estimate of drug-likeness (QED) is 0.537. The lowest BCUT2D eigenvalue weighted by atomic mass is 9.77. The number of hydrogen-bond donors (Lipinski definition) is 2. The second-order valence-corrected chi connectivity index (χ2v) is 9.34. The molecule has 0 unspecified atom stereocenters. The van der Waals surface area contributed by atoms with Crippen LogP contribution in [0.1, 0.15) is 43.0 Å². The van der Waals surface area contributed by atoms with Gasteiger partial charge in [0.25, 0.3) is 21.8 Å². The van der Waals surface area contributed by atoms with Gasteiger partial charge in [0.05, 0.1) is 12.0 Å². The Morgan fingerprint density at radius 2 is 1.97 bits per heavy atom. The molecule has 4 amide bonds. The molecule has 29 heavy (non-hydrogen) atoms. The average Bonchev–Trinajstić information content (AvgIpc) is 2.93. The van der Waals surface area contributed by atoms with E-state index in [1.54, 1.807) is 0 Å². The van der Waals surface area contributed by atoms with Crippen LogP contribution in [0.4, 0.5) is 4.79 Å². The molecule has 1 aromatic carbocycles. The van der Waals surface area contributed by atoms with Crippen LogP contribution < -0.4 is 10.7 Å². The molecule has 158 valence electrons. The van der Waals surface area contributed by atoms with E-state index in [1.807, 2.05) is 0 Å². The largest absolute Gasteiger partial charge is 0.344 e. The fourth-order valence-corrected chi connectivity index (χ4v) is 4.55. The molecule has 0 radical (unpaired) electrons. The van der Waals surface area contributed by atoms with Crippen LogP contribution in [0.25, 0.3) is 0 Å². The predicted molar refractivity (Wildman–Crippen MR) is 102 cm³/mol. The number of hydrazine groups is 1. The number of amides is 4. The Kier molecular flexibility index (Phi) is 5.65. The third-order valence-corrected chi connectivity index (χ3v) is 7.17. The highest BCUT2D eigenvalue weighted by atomic mass is 32.2. The summed E-state index contributed by atoms with van der Waals surface area (Å²) in [4.78, 5) is 42.3. The van der Waals surface area contributed by atoms with E-state index in [-0.39, 0.29) is 10.5 Å². The molecular weight excluding hydrogens is 400 g/mol. The first kappa shape index (κ1) is 21.2. The van der Waals surface area contributed by atoms with E-state index in [2.05, 4.69) is 17.7 Å². The molecule has 1 spiro atoms. The summed E-state index contributed by atoms with van der Waals surface area (Å²) in [7, 11) is -1.53. The van der Waals surface area contributed by atoms with Crippen LogP contribution in [0, 0.1) is 5.92 Å². The van der Waals surface area contributed by atoms with Gasteiger partial charge in [0.1, 0.15) is 5.54 Å². The molecule has 10 nitrogen and oxygen atoms in total. The first-order valence-electron chi connectivity index (χ1n) is 9.21. The van der Waals surface area contributed by atoms with Crippen LogP contribution >= 0.6 is 0 Å². The van der Waals surface area contributed by atoms with Crippen molar-refractivity contribution in [3.8, 4) is 0 Å². The molecular formula is C18H24N4O6S. The van der Waals surface area contributed by atoms with Crippen LogP contribution in [0.3, 0.4) is 0 Å². The van der Waals surface area contributed by atoms with Crippen molar-refractivity contribution >= 4 is 27.9 Å². The Balaban J connectivity index is 1.78. The Labute approximate surface area is 169 Å². The highest BCUT2D eigenvalue weighted by Gasteiger charge is 2.52. The zero-order valence-corrected chi connectivity index (χ0v) is 17.3. The number of nitrogens with zero attached hydrogens (tertiary/aromatic N) is 2. The number of urea groups is 1. The van der Waals surface area contributed by atoms with Crippen molar-refractivity contribution in [1.82, 2.24) is 20.2 Å². The monoisotopic (exact) mass is 424 g/mol. The first-order chi connectivity index (χ1) is 13.6. The van der Waals surface area contributed by atoms with Crippen LogP contribution in [0.15, 0.2) is 29.2 Å². The molecule has 0 aromatic heterocycles. The second kappa shape index (κ2) is 7.73. The smallest absolute Gasteiger partial charge is 0.322 e. The van der Waals surface area contributed by atoms with Gasteiger partial charge in [0.15, 0.2) is 0 Å². The van der Waals surface area contributed by atoms with Gasteiger partial charge in [-0.05, 0) is 49.8 Å². The topological polar surface area (TPSA) is 125 Å². The maximum Gasteiger partial charge on any atom is 0.344 e. The second-order valence-electron chi connectivity index (χ2n) is 7.40. The summed E-state index contributed by atoms with van der Waals surface area (Å²) in [5, 5.41) is 3.39. The number of sulfonamides is 1. The fraction of sp³-hybridized carbons (Fsp3) is 0.500. The van der Waals surface area contributed by atoms with Crippen molar-refractivity contribution in [2.24, 2.45) is 5.92 Å². The van der Waals surface area contributed by atoms with Gasteiger partial charge in [-0.3, -0.25) is 19.9 Å². The van der Waals surface area contributed by atoms with Gasteiger partial charge in [0.2, 0.25) is 0 Å². The normalized spacial score (nSPS) is 24.8. The number of carbonyl (C=O) groups is 3. The highest BCUT2D eigenvalue weighted by molar-refractivity contribution is 7.89. The fourth-order valence-electron chi connectivity index (χ4n) is 3.53. The zero-order chi connectivity index (χ0) is 21.4. The van der Waals surface area contributed by atoms with Crippen LogP contribution in [0.5, 0.6) is 0 Å². The van der Waals surface area contributed by atoms with E-state index < -0.39 is 33.4 Å². The van der Waals surface area contributed by atoms with Crippen molar-refractivity contribution in [2.75, 3.05) is 14.2 Å². The van der Waals surface area contributed by atoms with E-state index in [4.69, 9.17) is 4.84 Å². The van der Waals surface area contributed by atoms with Gasteiger partial charge >= 0.3 is 6.03 Å². The molecule has 2 fully saturated rings. The van der Waals surface area contributed by atoms with Gasteiger partial charge in [0, 0.05) is 12.6 Å². The molecule has 0 bridgehead atoms. The maximum atomic E-state index is 12.8. The summed E-state index contributed by atoms with van der Waals surface area (Å²) in [5.74, 6) is -0.790. The van der Waals surface area contributed by atoms with E-state index in [9.17, 15) is 22.8 Å². The van der Waals surface area contributed by atoms with Crippen molar-refractivity contribution in [3.05, 3.63) is 29.8 Å². The molecule has 0 atom stereocenters. The van der Waals surface area contributed by atoms with Crippen molar-refractivity contribution in [3.63, 3.8) is 0 Å². The number of hydroxylamine groups is 1. The Hall–Kier alpha value is -2.50. The zero-order valence-electron chi connectivity index (χ0n) is 16.5. The SMILES string of the molecule is CON(C)S(=O)(=O)c1cccc(C(=O)NN2C(=O)NC3(CCC(C)CC3)C2=O)c1. The lowest BCUT2D eigenvalue weighted by Gasteiger charge is -2.33. The highest BCUT2D eigenvalue weighted by Crippen LogP contribution is 2.35. The molecule has 1 aliphatic carbocycles. The predicted octanol–water partition coefficient (Wildman–Crippen LogP) is 1.01. The summed E-state index contributed by atoms with van der Waals surface area (Å²) in [6.07, 6.45) is 2.64. The third kappa shape index (κ3) is 3.85. The lowest BCUT2D eigenvalue weighted by molar-refractivity contribution is -0.134. The minimum Gasteiger partial charge on any atom is -0.322 e. The number of hydrogen-bond acceptors (Lipinski definition) is 6. The maximum absolute atomic E-state index is 12.8. The lowest BCUT2D eigenvalue weighted by Crippen LogP contribution is -2.51. The first-order valence-corrected chi connectivity index (χ1v) is 10.7. The molecule has 1 saturated carbocycles. The molecule has 1 saturated heterocycles. The van der Waals surface area contributed by atoms with Gasteiger partial charge in [-0.25, -0.2) is 13.2 Å². The minimum atomic E-state index is -3.95. The average molecular weight is 424 g/mol. The van der Waals surface area contributed by atoms with Crippen molar-refractivity contribution < 1.29 is 27.6 Å². The van der Waals surface area contributed by atoms with Gasteiger partial charge < -0.3 is 5.32 Å². The summed E-state index contributed by atoms with van der Waals surface area (Å²) < 4.78 is 25.4. The summed E-state index contributed by atoms with van der Waals surface area (Å²) in [6, 6.07) is 4.55. The van der Waals surface area contributed by atoms with E-state index in [1.165, 1.54) is 32.4 Å². The standard InChI is InChI=1S/C18H24N4O6S/c1-12-7-9-18(10-8-12)16(24)22(17(25)19-18)20-15(23)13-5-4-6-14(11-13)29(26,27)21(2)28-3/h4-6,11-12H,7-10H2,1-3H3,(H,19,25)(H,20,23). The van der Waals surface area contributed by atoms with Gasteiger partial charge in [-0.1, -0.05) is 17.5 Å². The van der Waals surface area contributed by atoms with E-state index >= 15 is 0 Å². The van der Waals surface area contributed by atoms with Gasteiger partial charge in [-0.2, -0.15) is 5.01 Å². The Bertz CT molecular complexity index is 939. The van der Waals surface area contributed by atoms with E-state index in [0.29, 0.717) is 28.2 Å². The number of rotatable bonds is 5. The van der Waals surface area contributed by atoms with Crippen LogP contribution in [-0.2, 0) is 19.7 Å². The Morgan fingerprint density at radius 3 is 2.59 bits per heavy atom. The van der Waals surface area contributed by atoms with Crippen LogP contribution in [0.2, 0.25) is 0 Å². The molecule has 3 rings (SSSR count).